The molecule has 0 unspecified atom stereocenters. The molecule has 5 N–H and O–H groups in total. The molecule has 3 saturated heterocycles. The Balaban J connectivity index is 1.56. The monoisotopic (exact) mass is 499 g/mol. The van der Waals surface area contributed by atoms with Gasteiger partial charge >= 0.3 is 17.9 Å². The second-order valence-electron chi connectivity index (χ2n) is 7.36. The van der Waals surface area contributed by atoms with Gasteiger partial charge in [-0.25, -0.2) is 14.6 Å². The maximum atomic E-state index is 12.9. The van der Waals surface area contributed by atoms with Crippen molar-refractivity contribution >= 4 is 63.7 Å². The van der Waals surface area contributed by atoms with E-state index in [1.807, 2.05) is 0 Å². The van der Waals surface area contributed by atoms with Crippen LogP contribution in [0.3, 0.4) is 0 Å². The van der Waals surface area contributed by atoms with E-state index in [0.29, 0.717) is 0 Å². The lowest BCUT2D eigenvalue weighted by Crippen LogP contribution is -2.80. The van der Waals surface area contributed by atoms with Gasteiger partial charge in [-0.05, 0) is 6.92 Å². The van der Waals surface area contributed by atoms with Gasteiger partial charge in [0.25, 0.3) is 17.5 Å². The number of aromatic nitrogens is 1. The van der Waals surface area contributed by atoms with Crippen molar-refractivity contribution in [1.29, 1.82) is 0 Å². The van der Waals surface area contributed by atoms with Gasteiger partial charge in [0.05, 0.1) is 6.42 Å². The van der Waals surface area contributed by atoms with Gasteiger partial charge in [-0.3, -0.25) is 19.3 Å². The number of anilines is 1. The molecule has 0 spiro atoms. The number of rotatable bonds is 7. The summed E-state index contributed by atoms with van der Waals surface area (Å²) in [5.74, 6) is -5.65. The molecular formula is C17H17N5O9S2. The summed E-state index contributed by atoms with van der Waals surface area (Å²) in [5, 5.41) is 25.5. The zero-order chi connectivity index (χ0) is 24.1. The van der Waals surface area contributed by atoms with E-state index in [0.717, 1.165) is 16.2 Å². The molecule has 176 valence electrons. The summed E-state index contributed by atoms with van der Waals surface area (Å²) in [6.07, 6.45) is -1.50. The van der Waals surface area contributed by atoms with Gasteiger partial charge in [-0.2, -0.15) is 0 Å². The van der Waals surface area contributed by atoms with Gasteiger partial charge in [0, 0.05) is 17.1 Å². The molecule has 3 aliphatic heterocycles. The maximum Gasteiger partial charge on any atom is 0.370 e. The number of thiazole rings is 1. The number of thioether (sulfide) groups is 1. The predicted molar refractivity (Wildman–Crippen MR) is 111 cm³/mol. The topological polar surface area (TPSA) is 211 Å². The highest BCUT2D eigenvalue weighted by Crippen LogP contribution is 2.51. The lowest BCUT2D eigenvalue weighted by Gasteiger charge is -2.56. The van der Waals surface area contributed by atoms with Gasteiger partial charge in [0.2, 0.25) is 6.10 Å². The zero-order valence-corrected chi connectivity index (χ0v) is 18.4. The maximum absolute atomic E-state index is 12.9. The number of nitrogens with zero attached hydrogens (tertiary/aromatic N) is 3. The highest BCUT2D eigenvalue weighted by Gasteiger charge is 2.71. The van der Waals surface area contributed by atoms with Crippen LogP contribution in [0.15, 0.2) is 10.5 Å². The second-order valence-corrected chi connectivity index (χ2v) is 9.40. The molecule has 5 atom stereocenters. The molecule has 0 aromatic carbocycles. The Labute approximate surface area is 193 Å². The SMILES string of the molecule is C[C@@H](O/N=C(\C(=O)N[C@@H]1C(=O)N2[C@@H]1SC[C@@H]1CC(=O)O[C@@]12C(=O)O)c1csc(N)n1)C(=O)O. The van der Waals surface area contributed by atoms with Crippen molar-refractivity contribution in [3.63, 3.8) is 0 Å². The number of aliphatic carboxylic acids is 2. The quantitative estimate of drug-likeness (QED) is 0.149. The van der Waals surface area contributed by atoms with Crippen LogP contribution in [-0.4, -0.2) is 84.5 Å². The van der Waals surface area contributed by atoms with Crippen molar-refractivity contribution < 1.29 is 43.8 Å². The lowest BCUT2D eigenvalue weighted by atomic mass is 9.89. The van der Waals surface area contributed by atoms with Crippen LogP contribution in [0.1, 0.15) is 19.0 Å². The average molecular weight is 499 g/mol. The van der Waals surface area contributed by atoms with Crippen molar-refractivity contribution in [1.82, 2.24) is 15.2 Å². The fourth-order valence-corrected chi connectivity index (χ4v) is 5.81. The molecule has 0 radical (unpaired) electrons. The number of hydrogen-bond donors (Lipinski definition) is 4. The summed E-state index contributed by atoms with van der Waals surface area (Å²) in [6.45, 7) is 1.20. The van der Waals surface area contributed by atoms with Gasteiger partial charge in [0.1, 0.15) is 17.1 Å². The fraction of sp³-hybridized carbons (Fsp3) is 0.471. The molecule has 0 saturated carbocycles. The molecule has 16 heteroatoms. The summed E-state index contributed by atoms with van der Waals surface area (Å²) in [4.78, 5) is 70.3. The number of carboxylic acids is 2. The molecule has 0 bridgehead atoms. The second kappa shape index (κ2) is 8.18. The number of oxime groups is 1. The third-order valence-electron chi connectivity index (χ3n) is 5.33. The Morgan fingerprint density at radius 1 is 1.42 bits per heavy atom. The highest BCUT2D eigenvalue weighted by atomic mass is 32.2. The Morgan fingerprint density at radius 2 is 2.15 bits per heavy atom. The number of nitrogens with one attached hydrogen (secondary N) is 1. The fourth-order valence-electron chi connectivity index (χ4n) is 3.70. The van der Waals surface area contributed by atoms with Crippen molar-refractivity contribution in [2.75, 3.05) is 11.5 Å². The van der Waals surface area contributed by atoms with Crippen molar-refractivity contribution in [3.05, 3.63) is 11.1 Å². The third-order valence-corrected chi connectivity index (χ3v) is 7.42. The van der Waals surface area contributed by atoms with E-state index in [9.17, 15) is 29.1 Å². The minimum Gasteiger partial charge on any atom is -0.478 e. The number of nitrogen functional groups attached to an aromatic ring is 1. The molecule has 1 aromatic heterocycles. The van der Waals surface area contributed by atoms with Crippen LogP contribution in [0.4, 0.5) is 5.13 Å². The van der Waals surface area contributed by atoms with E-state index >= 15 is 0 Å². The van der Waals surface area contributed by atoms with Crippen LogP contribution in [0, 0.1) is 5.92 Å². The number of carbonyl (C=O) groups excluding carboxylic acids is 3. The van der Waals surface area contributed by atoms with Crippen LogP contribution < -0.4 is 11.1 Å². The molecule has 14 nitrogen and oxygen atoms in total. The largest absolute Gasteiger partial charge is 0.478 e. The first-order chi connectivity index (χ1) is 15.6. The number of esters is 1. The molecule has 33 heavy (non-hydrogen) atoms. The number of nitrogens with two attached hydrogens (primary N) is 1. The van der Waals surface area contributed by atoms with E-state index in [-0.39, 0.29) is 23.0 Å². The van der Waals surface area contributed by atoms with Crippen LogP contribution in [0.25, 0.3) is 0 Å². The third kappa shape index (κ3) is 3.64. The van der Waals surface area contributed by atoms with Gasteiger partial charge in [0.15, 0.2) is 10.8 Å². The first-order valence-electron chi connectivity index (χ1n) is 9.45. The van der Waals surface area contributed by atoms with Crippen molar-refractivity contribution in [2.45, 2.75) is 36.6 Å². The van der Waals surface area contributed by atoms with Crippen LogP contribution >= 0.6 is 23.1 Å². The summed E-state index contributed by atoms with van der Waals surface area (Å²) in [7, 11) is 0. The smallest absolute Gasteiger partial charge is 0.370 e. The highest BCUT2D eigenvalue weighted by molar-refractivity contribution is 8.00. The number of carbonyl (C=O) groups is 5. The lowest BCUT2D eigenvalue weighted by molar-refractivity contribution is -0.215. The first kappa shape index (κ1) is 22.8. The molecule has 2 amide bonds. The number of fused-ring (bicyclic) bond motifs is 3. The van der Waals surface area contributed by atoms with Crippen molar-refractivity contribution in [3.8, 4) is 0 Å². The number of hydrogen-bond acceptors (Lipinski definition) is 12. The van der Waals surface area contributed by atoms with Gasteiger partial charge < -0.3 is 30.8 Å². The van der Waals surface area contributed by atoms with Crippen molar-refractivity contribution in [2.24, 2.45) is 11.1 Å². The van der Waals surface area contributed by atoms with E-state index < -0.39 is 64.6 Å². The van der Waals surface area contributed by atoms with Gasteiger partial charge in [-0.1, -0.05) is 5.16 Å². The summed E-state index contributed by atoms with van der Waals surface area (Å²) in [6, 6.07) is -1.14. The zero-order valence-electron chi connectivity index (χ0n) is 16.8. The molecular weight excluding hydrogens is 482 g/mol. The standard InChI is InChI=1S/C17H17N5O9S2/c1-5(14(26)27)31-21-9(7-4-33-16(18)19-7)11(24)20-10-12(25)22-13(10)32-3-6-2-8(23)30-17(6,22)15(28)29/h4-6,10,13H,2-3H2,1H3,(H2,18,19)(H,20,24)(H,26,27)(H,28,29)/b21-9-/t5-,6+,10-,13-,17-/m1/s1. The average Bonchev–Trinajstić information content (AvgIpc) is 3.33. The van der Waals surface area contributed by atoms with E-state index in [2.05, 4.69) is 15.5 Å². The van der Waals surface area contributed by atoms with Gasteiger partial charge in [-0.15, -0.1) is 23.1 Å². The Bertz CT molecular complexity index is 1090. The van der Waals surface area contributed by atoms with E-state index in [1.54, 1.807) is 0 Å². The Morgan fingerprint density at radius 3 is 2.76 bits per heavy atom. The summed E-state index contributed by atoms with van der Waals surface area (Å²) in [5.41, 5.74) is 3.08. The number of amides is 2. The Hall–Kier alpha value is -3.40. The van der Waals surface area contributed by atoms with E-state index in [1.165, 1.54) is 24.1 Å². The number of carboxylic acid groups (broad SMARTS) is 2. The molecule has 1 aromatic rings. The minimum absolute atomic E-state index is 0.000641. The molecule has 0 aliphatic carbocycles. The molecule has 3 fully saturated rings. The Kier molecular flexibility index (Phi) is 5.65. The van der Waals surface area contributed by atoms with Crippen LogP contribution in [0.2, 0.25) is 0 Å². The molecule has 4 rings (SSSR count). The normalized spacial score (nSPS) is 29.3. The summed E-state index contributed by atoms with van der Waals surface area (Å²) >= 11 is 2.21. The number of ether oxygens (including phenoxy) is 1. The molecule has 3 aliphatic rings. The van der Waals surface area contributed by atoms with Crippen LogP contribution in [-0.2, 0) is 33.5 Å². The number of β-lactam (4-membered cyclic amide) rings is 1. The molecule has 4 heterocycles. The predicted octanol–water partition coefficient (Wildman–Crippen LogP) is -1.34. The minimum atomic E-state index is -2.11. The van der Waals surface area contributed by atoms with E-state index in [4.69, 9.17) is 20.4 Å². The van der Waals surface area contributed by atoms with Crippen LogP contribution in [0.5, 0.6) is 0 Å². The first-order valence-corrected chi connectivity index (χ1v) is 11.4. The summed E-state index contributed by atoms with van der Waals surface area (Å²) < 4.78 is 5.10.